The molecule has 0 spiro atoms. The van der Waals surface area contributed by atoms with Gasteiger partial charge in [-0.25, -0.2) is 4.98 Å². The van der Waals surface area contributed by atoms with Crippen molar-refractivity contribution in [2.45, 2.75) is 46.0 Å². The summed E-state index contributed by atoms with van der Waals surface area (Å²) in [6.45, 7) is 9.13. The average Bonchev–Trinajstić information content (AvgIpc) is 3.29. The Kier molecular flexibility index (Phi) is 4.99. The zero-order valence-electron chi connectivity index (χ0n) is 17.9. The highest BCUT2D eigenvalue weighted by molar-refractivity contribution is 7.17. The molecule has 0 bridgehead atoms. The van der Waals surface area contributed by atoms with Crippen molar-refractivity contribution in [3.8, 4) is 0 Å². The highest BCUT2D eigenvalue weighted by Crippen LogP contribution is 2.33. The van der Waals surface area contributed by atoms with Crippen molar-refractivity contribution in [2.75, 3.05) is 19.6 Å². The van der Waals surface area contributed by atoms with E-state index in [4.69, 9.17) is 4.98 Å². The van der Waals surface area contributed by atoms with Gasteiger partial charge in [-0.1, -0.05) is 18.2 Å². The number of thiazole rings is 1. The monoisotopic (exact) mass is 420 g/mol. The Hall–Kier alpha value is -2.44. The number of fused-ring (bicyclic) bond motifs is 2. The molecule has 0 atom stereocenters. The number of nitrogens with one attached hydrogen (secondary N) is 1. The first-order valence-electron chi connectivity index (χ1n) is 10.8. The van der Waals surface area contributed by atoms with Gasteiger partial charge in [0.15, 0.2) is 4.96 Å². The third-order valence-electron chi connectivity index (χ3n) is 6.77. The number of hydrogen-bond donors (Lipinski definition) is 1. The predicted octanol–water partition coefficient (Wildman–Crippen LogP) is 4.58. The number of rotatable bonds is 4. The summed E-state index contributed by atoms with van der Waals surface area (Å²) < 4.78 is 1.80. The number of likely N-dealkylation sites (tertiary alicyclic amines) is 1. The van der Waals surface area contributed by atoms with E-state index in [2.05, 4.69) is 47.3 Å². The Morgan fingerprint density at radius 3 is 2.73 bits per heavy atom. The van der Waals surface area contributed by atoms with E-state index in [1.54, 1.807) is 15.7 Å². The highest BCUT2D eigenvalue weighted by Gasteiger charge is 2.23. The third-order valence-corrected chi connectivity index (χ3v) is 7.83. The van der Waals surface area contributed by atoms with Crippen LogP contribution < -0.4 is 5.56 Å². The van der Waals surface area contributed by atoms with Gasteiger partial charge in [-0.3, -0.25) is 9.20 Å². The SMILES string of the molecule is Cc1nc2sc(C)c(C)n2c(=O)c1CCN1CCC(c2c[nH]c3ccccc23)CC1. The van der Waals surface area contributed by atoms with Crippen molar-refractivity contribution >= 4 is 27.2 Å². The van der Waals surface area contributed by atoms with Crippen molar-refractivity contribution in [3.05, 3.63) is 68.2 Å². The van der Waals surface area contributed by atoms with Crippen LogP contribution in [0.15, 0.2) is 35.3 Å². The summed E-state index contributed by atoms with van der Waals surface area (Å²) in [5.74, 6) is 0.610. The Morgan fingerprint density at radius 2 is 1.93 bits per heavy atom. The molecule has 0 radical (unpaired) electrons. The molecule has 6 heteroatoms. The van der Waals surface area contributed by atoms with Crippen LogP contribution in [-0.2, 0) is 6.42 Å². The maximum Gasteiger partial charge on any atom is 0.262 e. The van der Waals surface area contributed by atoms with Gasteiger partial charge >= 0.3 is 0 Å². The minimum atomic E-state index is 0.119. The minimum Gasteiger partial charge on any atom is -0.361 e. The quantitative estimate of drug-likeness (QED) is 0.526. The zero-order valence-corrected chi connectivity index (χ0v) is 18.7. The Labute approximate surface area is 180 Å². The molecule has 0 saturated carbocycles. The fourth-order valence-electron chi connectivity index (χ4n) is 4.83. The van der Waals surface area contributed by atoms with E-state index in [9.17, 15) is 4.79 Å². The van der Waals surface area contributed by atoms with Gasteiger partial charge in [0.25, 0.3) is 5.56 Å². The largest absolute Gasteiger partial charge is 0.361 e. The first-order chi connectivity index (χ1) is 14.5. The second-order valence-corrected chi connectivity index (χ2v) is 9.68. The van der Waals surface area contributed by atoms with Gasteiger partial charge in [0.2, 0.25) is 0 Å². The van der Waals surface area contributed by atoms with Gasteiger partial charge < -0.3 is 9.88 Å². The molecule has 1 aromatic carbocycles. The van der Waals surface area contributed by atoms with Crippen LogP contribution in [0.3, 0.4) is 0 Å². The number of aryl methyl sites for hydroxylation is 3. The molecule has 1 saturated heterocycles. The summed E-state index contributed by atoms with van der Waals surface area (Å²) in [7, 11) is 0. The summed E-state index contributed by atoms with van der Waals surface area (Å²) in [5, 5.41) is 1.36. The lowest BCUT2D eigenvalue weighted by Gasteiger charge is -2.32. The predicted molar refractivity (Wildman–Crippen MR) is 124 cm³/mol. The molecule has 0 aliphatic carbocycles. The fraction of sp³-hybridized carbons (Fsp3) is 0.417. The lowest BCUT2D eigenvalue weighted by atomic mass is 9.89. The standard InChI is InChI=1S/C24H28N4OS/c1-15-19(23(29)28-16(2)17(3)30-24(28)26-15)10-13-27-11-8-18(9-12-27)21-14-25-22-7-5-4-6-20(21)22/h4-7,14,18,25H,8-13H2,1-3H3. The van der Waals surface area contributed by atoms with E-state index in [1.165, 1.54) is 29.3 Å². The molecule has 156 valence electrons. The third kappa shape index (κ3) is 3.28. The van der Waals surface area contributed by atoms with E-state index < -0.39 is 0 Å². The number of aromatic amines is 1. The van der Waals surface area contributed by atoms with Crippen molar-refractivity contribution in [3.63, 3.8) is 0 Å². The summed E-state index contributed by atoms with van der Waals surface area (Å²) in [5.41, 5.74) is 5.58. The Bertz CT molecular complexity index is 1270. The van der Waals surface area contributed by atoms with Crippen LogP contribution in [-0.4, -0.2) is 38.9 Å². The summed E-state index contributed by atoms with van der Waals surface area (Å²) >= 11 is 1.60. The molecule has 4 heterocycles. The van der Waals surface area contributed by atoms with Crippen LogP contribution in [0.2, 0.25) is 0 Å². The van der Waals surface area contributed by atoms with E-state index in [-0.39, 0.29) is 5.56 Å². The smallest absolute Gasteiger partial charge is 0.262 e. The molecule has 3 aromatic heterocycles. The number of para-hydroxylation sites is 1. The van der Waals surface area contributed by atoms with Gasteiger partial charge in [-0.05, 0) is 70.7 Å². The van der Waals surface area contributed by atoms with Gasteiger partial charge in [0, 0.05) is 45.5 Å². The minimum absolute atomic E-state index is 0.119. The van der Waals surface area contributed by atoms with E-state index in [1.807, 2.05) is 13.8 Å². The zero-order chi connectivity index (χ0) is 20.8. The van der Waals surface area contributed by atoms with E-state index in [0.29, 0.717) is 5.92 Å². The summed E-state index contributed by atoms with van der Waals surface area (Å²) in [6, 6.07) is 8.58. The highest BCUT2D eigenvalue weighted by atomic mass is 32.1. The molecule has 5 rings (SSSR count). The number of piperidine rings is 1. The number of H-pyrrole nitrogens is 1. The van der Waals surface area contributed by atoms with Crippen LogP contribution >= 0.6 is 11.3 Å². The van der Waals surface area contributed by atoms with Gasteiger partial charge in [0.1, 0.15) is 0 Å². The van der Waals surface area contributed by atoms with Gasteiger partial charge in [-0.2, -0.15) is 0 Å². The number of benzene rings is 1. The van der Waals surface area contributed by atoms with Crippen molar-refractivity contribution < 1.29 is 0 Å². The molecule has 4 aromatic rings. The molecule has 1 fully saturated rings. The molecule has 30 heavy (non-hydrogen) atoms. The van der Waals surface area contributed by atoms with Crippen LogP contribution in [0.4, 0.5) is 0 Å². The normalized spacial score (nSPS) is 16.1. The molecule has 5 nitrogen and oxygen atoms in total. The van der Waals surface area contributed by atoms with Gasteiger partial charge in [0.05, 0.1) is 0 Å². The number of aromatic nitrogens is 3. The van der Waals surface area contributed by atoms with Crippen LogP contribution in [0.25, 0.3) is 15.9 Å². The number of hydrogen-bond acceptors (Lipinski definition) is 4. The molecular formula is C24H28N4OS. The molecule has 1 N–H and O–H groups in total. The topological polar surface area (TPSA) is 53.4 Å². The molecule has 0 unspecified atom stereocenters. The van der Waals surface area contributed by atoms with Crippen molar-refractivity contribution in [1.82, 2.24) is 19.3 Å². The maximum atomic E-state index is 13.1. The Morgan fingerprint density at radius 1 is 1.17 bits per heavy atom. The van der Waals surface area contributed by atoms with Gasteiger partial charge in [-0.15, -0.1) is 11.3 Å². The van der Waals surface area contributed by atoms with Crippen LogP contribution in [0, 0.1) is 20.8 Å². The van der Waals surface area contributed by atoms with Crippen molar-refractivity contribution in [1.29, 1.82) is 0 Å². The average molecular weight is 421 g/mol. The Balaban J connectivity index is 1.27. The molecule has 1 aliphatic heterocycles. The lowest BCUT2D eigenvalue weighted by Crippen LogP contribution is -2.35. The summed E-state index contributed by atoms with van der Waals surface area (Å²) in [4.78, 5) is 25.7. The molecule has 1 aliphatic rings. The van der Waals surface area contributed by atoms with Crippen LogP contribution in [0.1, 0.15) is 46.2 Å². The first-order valence-corrected chi connectivity index (χ1v) is 11.6. The summed E-state index contributed by atoms with van der Waals surface area (Å²) in [6.07, 6.45) is 5.30. The molecular weight excluding hydrogens is 392 g/mol. The lowest BCUT2D eigenvalue weighted by molar-refractivity contribution is 0.215. The van der Waals surface area contributed by atoms with Crippen LogP contribution in [0.5, 0.6) is 0 Å². The maximum absolute atomic E-state index is 13.1. The van der Waals surface area contributed by atoms with E-state index >= 15 is 0 Å². The van der Waals surface area contributed by atoms with E-state index in [0.717, 1.165) is 52.8 Å². The second kappa shape index (κ2) is 7.67. The van der Waals surface area contributed by atoms with Crippen molar-refractivity contribution in [2.24, 2.45) is 0 Å². The fourth-order valence-corrected chi connectivity index (χ4v) is 5.83. The second-order valence-electron chi connectivity index (χ2n) is 8.50. The molecule has 0 amide bonds. The first kappa shape index (κ1) is 19.5. The number of nitrogens with zero attached hydrogens (tertiary/aromatic N) is 3.